The standard InChI is InChI=1S/C18H23FN4O/c1-12(2)17-16(18(24)21-10-14-4-3-9-20-14)11-22-23(17)15-7-5-13(19)6-8-15/h5-8,11-12,14,20H,3-4,9-10H2,1-2H3,(H,21,24). The molecule has 0 bridgehead atoms. The van der Waals surface area contributed by atoms with E-state index in [9.17, 15) is 9.18 Å². The Labute approximate surface area is 141 Å². The molecule has 1 saturated heterocycles. The van der Waals surface area contributed by atoms with Gasteiger partial charge in [0.05, 0.1) is 23.1 Å². The van der Waals surface area contributed by atoms with Gasteiger partial charge in [0.25, 0.3) is 5.91 Å². The Morgan fingerprint density at radius 3 is 2.79 bits per heavy atom. The zero-order chi connectivity index (χ0) is 17.1. The monoisotopic (exact) mass is 330 g/mol. The molecule has 128 valence electrons. The maximum absolute atomic E-state index is 13.1. The van der Waals surface area contributed by atoms with Gasteiger partial charge >= 0.3 is 0 Å². The SMILES string of the molecule is CC(C)c1c(C(=O)NCC2CCCN2)cnn1-c1ccc(F)cc1. The van der Waals surface area contributed by atoms with Crippen molar-refractivity contribution >= 4 is 5.91 Å². The number of halogens is 1. The van der Waals surface area contributed by atoms with Gasteiger partial charge in [0, 0.05) is 12.6 Å². The minimum Gasteiger partial charge on any atom is -0.350 e. The minimum atomic E-state index is -0.293. The van der Waals surface area contributed by atoms with Gasteiger partial charge in [-0.15, -0.1) is 0 Å². The van der Waals surface area contributed by atoms with Gasteiger partial charge in [-0.2, -0.15) is 5.10 Å². The lowest BCUT2D eigenvalue weighted by Gasteiger charge is -2.14. The van der Waals surface area contributed by atoms with Gasteiger partial charge in [0.15, 0.2) is 0 Å². The molecular formula is C18H23FN4O. The highest BCUT2D eigenvalue weighted by molar-refractivity contribution is 5.95. The zero-order valence-electron chi connectivity index (χ0n) is 14.1. The predicted molar refractivity (Wildman–Crippen MR) is 91.0 cm³/mol. The fourth-order valence-electron chi connectivity index (χ4n) is 3.12. The first kappa shape index (κ1) is 16.6. The summed E-state index contributed by atoms with van der Waals surface area (Å²) >= 11 is 0. The Bertz CT molecular complexity index is 702. The first-order chi connectivity index (χ1) is 11.6. The number of rotatable bonds is 5. The lowest BCUT2D eigenvalue weighted by molar-refractivity contribution is 0.0949. The maximum atomic E-state index is 13.1. The van der Waals surface area contributed by atoms with Gasteiger partial charge in [-0.1, -0.05) is 13.8 Å². The minimum absolute atomic E-state index is 0.110. The van der Waals surface area contributed by atoms with Gasteiger partial charge in [-0.25, -0.2) is 9.07 Å². The van der Waals surface area contributed by atoms with Crippen LogP contribution in [0.4, 0.5) is 4.39 Å². The second kappa shape index (κ2) is 7.13. The van der Waals surface area contributed by atoms with E-state index in [0.29, 0.717) is 18.2 Å². The van der Waals surface area contributed by atoms with Crippen LogP contribution in [-0.2, 0) is 0 Å². The molecule has 2 heterocycles. The van der Waals surface area contributed by atoms with Crippen molar-refractivity contribution in [1.29, 1.82) is 0 Å². The van der Waals surface area contributed by atoms with E-state index < -0.39 is 0 Å². The van der Waals surface area contributed by atoms with E-state index in [-0.39, 0.29) is 17.6 Å². The number of hydrogen-bond acceptors (Lipinski definition) is 3. The van der Waals surface area contributed by atoms with E-state index in [1.165, 1.54) is 12.1 Å². The molecule has 24 heavy (non-hydrogen) atoms. The molecular weight excluding hydrogens is 307 g/mol. The van der Waals surface area contributed by atoms with Crippen LogP contribution in [0.15, 0.2) is 30.5 Å². The van der Waals surface area contributed by atoms with Crippen molar-refractivity contribution < 1.29 is 9.18 Å². The summed E-state index contributed by atoms with van der Waals surface area (Å²) < 4.78 is 14.9. The molecule has 0 spiro atoms. The molecule has 6 heteroatoms. The summed E-state index contributed by atoms with van der Waals surface area (Å²) in [5, 5.41) is 10.7. The average Bonchev–Trinajstić information content (AvgIpc) is 3.22. The number of carbonyl (C=O) groups is 1. The number of nitrogens with one attached hydrogen (secondary N) is 2. The van der Waals surface area contributed by atoms with Crippen molar-refractivity contribution in [3.8, 4) is 5.69 Å². The fourth-order valence-corrected chi connectivity index (χ4v) is 3.12. The third-order valence-corrected chi connectivity index (χ3v) is 4.34. The molecule has 0 saturated carbocycles. The molecule has 1 aliphatic heterocycles. The van der Waals surface area contributed by atoms with Crippen LogP contribution in [0, 0.1) is 5.82 Å². The van der Waals surface area contributed by atoms with Gasteiger partial charge in [0.1, 0.15) is 5.82 Å². The highest BCUT2D eigenvalue weighted by atomic mass is 19.1. The van der Waals surface area contributed by atoms with Gasteiger partial charge in [-0.05, 0) is 49.6 Å². The summed E-state index contributed by atoms with van der Waals surface area (Å²) in [6.45, 7) is 5.68. The van der Waals surface area contributed by atoms with Crippen LogP contribution in [0.25, 0.3) is 5.69 Å². The van der Waals surface area contributed by atoms with E-state index in [1.54, 1.807) is 23.0 Å². The summed E-state index contributed by atoms with van der Waals surface area (Å²) in [6.07, 6.45) is 3.84. The molecule has 1 unspecified atom stereocenters. The molecule has 1 fully saturated rings. The number of nitrogens with zero attached hydrogens (tertiary/aromatic N) is 2. The van der Waals surface area contributed by atoms with Gasteiger partial charge in [-0.3, -0.25) is 4.79 Å². The second-order valence-electron chi connectivity index (χ2n) is 6.49. The normalized spacial score (nSPS) is 17.4. The quantitative estimate of drug-likeness (QED) is 0.886. The summed E-state index contributed by atoms with van der Waals surface area (Å²) in [5.41, 5.74) is 2.16. The van der Waals surface area contributed by atoms with Crippen LogP contribution in [0.3, 0.4) is 0 Å². The van der Waals surface area contributed by atoms with Crippen molar-refractivity contribution in [3.63, 3.8) is 0 Å². The molecule has 2 aromatic rings. The molecule has 3 rings (SSSR count). The highest BCUT2D eigenvalue weighted by Gasteiger charge is 2.22. The summed E-state index contributed by atoms with van der Waals surface area (Å²) in [5.74, 6) is -0.289. The van der Waals surface area contributed by atoms with Crippen LogP contribution >= 0.6 is 0 Å². The topological polar surface area (TPSA) is 59.0 Å². The number of benzene rings is 1. The van der Waals surface area contributed by atoms with E-state index >= 15 is 0 Å². The molecule has 1 atom stereocenters. The smallest absolute Gasteiger partial charge is 0.254 e. The van der Waals surface area contributed by atoms with Crippen LogP contribution in [-0.4, -0.2) is 34.8 Å². The van der Waals surface area contributed by atoms with Gasteiger partial charge < -0.3 is 10.6 Å². The molecule has 0 radical (unpaired) electrons. The van der Waals surface area contributed by atoms with Crippen molar-refractivity contribution in [2.75, 3.05) is 13.1 Å². The fraction of sp³-hybridized carbons (Fsp3) is 0.444. The van der Waals surface area contributed by atoms with E-state index in [1.807, 2.05) is 13.8 Å². The number of aromatic nitrogens is 2. The Balaban J connectivity index is 1.82. The lowest BCUT2D eigenvalue weighted by Crippen LogP contribution is -2.37. The van der Waals surface area contributed by atoms with E-state index in [0.717, 1.165) is 30.8 Å². The van der Waals surface area contributed by atoms with Crippen LogP contribution in [0.1, 0.15) is 48.7 Å². The number of amides is 1. The Morgan fingerprint density at radius 1 is 1.42 bits per heavy atom. The highest BCUT2D eigenvalue weighted by Crippen LogP contribution is 2.23. The molecule has 1 aromatic carbocycles. The molecule has 1 aliphatic rings. The first-order valence-corrected chi connectivity index (χ1v) is 8.41. The van der Waals surface area contributed by atoms with Crippen LogP contribution < -0.4 is 10.6 Å². The second-order valence-corrected chi connectivity index (χ2v) is 6.49. The molecule has 1 aromatic heterocycles. The summed E-state index contributed by atoms with van der Waals surface area (Å²) in [7, 11) is 0. The number of hydrogen-bond donors (Lipinski definition) is 2. The zero-order valence-corrected chi connectivity index (χ0v) is 14.1. The van der Waals surface area contributed by atoms with E-state index in [2.05, 4.69) is 15.7 Å². The van der Waals surface area contributed by atoms with Crippen LogP contribution in [0.2, 0.25) is 0 Å². The molecule has 0 aliphatic carbocycles. The maximum Gasteiger partial charge on any atom is 0.254 e. The van der Waals surface area contributed by atoms with Crippen LogP contribution in [0.5, 0.6) is 0 Å². The van der Waals surface area contributed by atoms with Crippen molar-refractivity contribution in [3.05, 3.63) is 47.5 Å². The third-order valence-electron chi connectivity index (χ3n) is 4.34. The van der Waals surface area contributed by atoms with Crippen molar-refractivity contribution in [1.82, 2.24) is 20.4 Å². The van der Waals surface area contributed by atoms with E-state index in [4.69, 9.17) is 0 Å². The van der Waals surface area contributed by atoms with Gasteiger partial charge in [0.2, 0.25) is 0 Å². The molecule has 2 N–H and O–H groups in total. The predicted octanol–water partition coefficient (Wildman–Crippen LogP) is 2.62. The third kappa shape index (κ3) is 3.48. The molecule has 5 nitrogen and oxygen atoms in total. The lowest BCUT2D eigenvalue weighted by atomic mass is 10.0. The Kier molecular flexibility index (Phi) is 4.94. The molecule has 1 amide bonds. The first-order valence-electron chi connectivity index (χ1n) is 8.41. The summed E-state index contributed by atoms with van der Waals surface area (Å²) in [6, 6.07) is 6.47. The average molecular weight is 330 g/mol. The Morgan fingerprint density at radius 2 is 2.17 bits per heavy atom. The van der Waals surface area contributed by atoms with Crippen molar-refractivity contribution in [2.45, 2.75) is 38.6 Å². The largest absolute Gasteiger partial charge is 0.350 e. The summed E-state index contributed by atoms with van der Waals surface area (Å²) in [4.78, 5) is 12.6. The number of carbonyl (C=O) groups excluding carboxylic acids is 1. The van der Waals surface area contributed by atoms with Crippen molar-refractivity contribution in [2.24, 2.45) is 0 Å². The Hall–Kier alpha value is -2.21.